The number of carbonyl (C=O) groups is 1. The van der Waals surface area contributed by atoms with Gasteiger partial charge in [-0.1, -0.05) is 19.3 Å². The fraction of sp³-hybridized carbons (Fsp3) is 0.696. The first kappa shape index (κ1) is 19.5. The predicted octanol–water partition coefficient (Wildman–Crippen LogP) is 2.88. The second kappa shape index (κ2) is 7.45. The molecule has 166 valence electrons. The van der Waals surface area contributed by atoms with E-state index in [4.69, 9.17) is 0 Å². The summed E-state index contributed by atoms with van der Waals surface area (Å²) in [5.41, 5.74) is 8.36. The van der Waals surface area contributed by atoms with Crippen LogP contribution in [0.2, 0.25) is 0 Å². The molecule has 5 atom stereocenters. The molecule has 8 nitrogen and oxygen atoms in total. The van der Waals surface area contributed by atoms with E-state index in [1.807, 2.05) is 0 Å². The van der Waals surface area contributed by atoms with Crippen molar-refractivity contribution in [1.29, 1.82) is 0 Å². The first-order valence-electron chi connectivity index (χ1n) is 11.9. The molecule has 1 amide bonds. The number of fused-ring (bicyclic) bond motifs is 1. The summed E-state index contributed by atoms with van der Waals surface area (Å²) < 4.78 is 0. The number of amides is 1. The summed E-state index contributed by atoms with van der Waals surface area (Å²) in [6.45, 7) is 0. The number of hydrazine groups is 1. The Bertz CT molecular complexity index is 968. The zero-order valence-electron chi connectivity index (χ0n) is 17.9. The van der Waals surface area contributed by atoms with Crippen molar-refractivity contribution in [2.24, 2.45) is 17.8 Å². The Kier molecular flexibility index (Phi) is 4.68. The highest BCUT2D eigenvalue weighted by Crippen LogP contribution is 2.56. The van der Waals surface area contributed by atoms with Crippen LogP contribution in [-0.4, -0.2) is 43.7 Å². The number of nitrogens with one attached hydrogen (secondary N) is 4. The highest BCUT2D eigenvalue weighted by molar-refractivity contribution is 6.05. The Morgan fingerprint density at radius 3 is 2.61 bits per heavy atom. The third-order valence-corrected chi connectivity index (χ3v) is 8.24. The third-order valence-electron chi connectivity index (χ3n) is 8.24. The standard InChI is InChI=1S/C23H32N6O2/c30-22(29-28-16-4-2-1-3-5-16)17-11-24-21-20(25-12-26-21)19(17)27-18-14-6-13-7-15(18)10-23(31,8-13)9-14/h11-16,18,28,31H,1-10H2,(H,29,30)(H2,24,25,26,27)/t13?,14-,15+,18+,23-. The molecule has 2 aromatic heterocycles. The van der Waals surface area contributed by atoms with Crippen LogP contribution in [0.15, 0.2) is 12.5 Å². The summed E-state index contributed by atoms with van der Waals surface area (Å²) in [5, 5.41) is 14.7. The summed E-state index contributed by atoms with van der Waals surface area (Å²) in [4.78, 5) is 25.1. The maximum Gasteiger partial charge on any atom is 0.269 e. The van der Waals surface area contributed by atoms with E-state index in [-0.39, 0.29) is 11.9 Å². The van der Waals surface area contributed by atoms with Crippen LogP contribution in [0.3, 0.4) is 0 Å². The van der Waals surface area contributed by atoms with Gasteiger partial charge in [0.05, 0.1) is 23.2 Å². The second-order valence-corrected chi connectivity index (χ2v) is 10.4. The minimum atomic E-state index is -0.474. The third kappa shape index (κ3) is 3.49. The van der Waals surface area contributed by atoms with E-state index in [0.29, 0.717) is 40.5 Å². The van der Waals surface area contributed by atoms with Gasteiger partial charge in [-0.3, -0.25) is 10.2 Å². The lowest BCUT2D eigenvalue weighted by molar-refractivity contribution is -0.129. The summed E-state index contributed by atoms with van der Waals surface area (Å²) in [5.74, 6) is 1.35. The maximum absolute atomic E-state index is 13.1. The first-order valence-corrected chi connectivity index (χ1v) is 11.9. The number of aromatic amines is 1. The van der Waals surface area contributed by atoms with E-state index in [1.54, 1.807) is 12.5 Å². The number of carbonyl (C=O) groups excluding carboxylic acids is 1. The average Bonchev–Trinajstić information content (AvgIpc) is 3.23. The van der Waals surface area contributed by atoms with Gasteiger partial charge in [0.25, 0.3) is 5.91 Å². The van der Waals surface area contributed by atoms with Crippen molar-refractivity contribution in [3.05, 3.63) is 18.1 Å². The number of hydrogen-bond acceptors (Lipinski definition) is 6. The van der Waals surface area contributed by atoms with Gasteiger partial charge in [-0.15, -0.1) is 0 Å². The molecule has 5 N–H and O–H groups in total. The minimum Gasteiger partial charge on any atom is -0.390 e. The maximum atomic E-state index is 13.1. The molecule has 2 aromatic rings. The van der Waals surface area contributed by atoms with E-state index < -0.39 is 5.60 Å². The van der Waals surface area contributed by atoms with Crippen molar-refractivity contribution in [2.45, 2.75) is 81.9 Å². The van der Waals surface area contributed by atoms with E-state index >= 15 is 0 Å². The van der Waals surface area contributed by atoms with E-state index in [0.717, 1.165) is 50.6 Å². The van der Waals surface area contributed by atoms with Crippen molar-refractivity contribution >= 4 is 22.8 Å². The lowest BCUT2D eigenvalue weighted by Gasteiger charge is -2.58. The molecule has 0 spiro atoms. The Hall–Kier alpha value is -2.19. The van der Waals surface area contributed by atoms with E-state index in [9.17, 15) is 9.90 Å². The Morgan fingerprint density at radius 1 is 1.10 bits per heavy atom. The Balaban J connectivity index is 1.26. The van der Waals surface area contributed by atoms with Crippen LogP contribution in [0.1, 0.15) is 74.6 Å². The van der Waals surface area contributed by atoms with Crippen molar-refractivity contribution in [1.82, 2.24) is 25.8 Å². The zero-order valence-corrected chi connectivity index (χ0v) is 17.9. The molecule has 31 heavy (non-hydrogen) atoms. The molecule has 5 aliphatic rings. The van der Waals surface area contributed by atoms with Crippen LogP contribution in [0, 0.1) is 17.8 Å². The van der Waals surface area contributed by atoms with Gasteiger partial charge in [-0.2, -0.15) is 0 Å². The van der Waals surface area contributed by atoms with Crippen molar-refractivity contribution in [3.8, 4) is 0 Å². The summed E-state index contributed by atoms with van der Waals surface area (Å²) in [6, 6.07) is 0.596. The predicted molar refractivity (Wildman–Crippen MR) is 117 cm³/mol. The van der Waals surface area contributed by atoms with E-state index in [1.165, 1.54) is 19.3 Å². The number of H-pyrrole nitrogens is 1. The smallest absolute Gasteiger partial charge is 0.269 e. The number of pyridine rings is 1. The average molecular weight is 425 g/mol. The summed E-state index contributed by atoms with van der Waals surface area (Å²) >= 11 is 0. The number of rotatable bonds is 5. The fourth-order valence-corrected chi connectivity index (χ4v) is 7.07. The molecule has 8 heteroatoms. The van der Waals surface area contributed by atoms with Crippen LogP contribution in [0.5, 0.6) is 0 Å². The molecule has 7 rings (SSSR count). The van der Waals surface area contributed by atoms with Crippen LogP contribution in [0.4, 0.5) is 5.69 Å². The molecule has 0 radical (unpaired) electrons. The monoisotopic (exact) mass is 424 g/mol. The molecular weight excluding hydrogens is 392 g/mol. The Morgan fingerprint density at radius 2 is 1.87 bits per heavy atom. The van der Waals surface area contributed by atoms with Crippen LogP contribution < -0.4 is 16.2 Å². The number of imidazole rings is 1. The van der Waals surface area contributed by atoms with Gasteiger partial charge in [-0.25, -0.2) is 15.4 Å². The van der Waals surface area contributed by atoms with Crippen molar-refractivity contribution in [2.75, 3.05) is 5.32 Å². The van der Waals surface area contributed by atoms with Gasteiger partial charge < -0.3 is 15.4 Å². The molecule has 5 saturated carbocycles. The van der Waals surface area contributed by atoms with Crippen LogP contribution in [0.25, 0.3) is 11.2 Å². The van der Waals surface area contributed by atoms with Gasteiger partial charge in [0, 0.05) is 18.3 Å². The molecule has 0 aliphatic heterocycles. The summed E-state index contributed by atoms with van der Waals surface area (Å²) in [7, 11) is 0. The second-order valence-electron chi connectivity index (χ2n) is 10.4. The van der Waals surface area contributed by atoms with Gasteiger partial charge >= 0.3 is 0 Å². The van der Waals surface area contributed by atoms with Gasteiger partial charge in [0.2, 0.25) is 0 Å². The lowest BCUT2D eigenvalue weighted by Crippen LogP contribution is -2.59. The largest absolute Gasteiger partial charge is 0.390 e. The molecule has 5 aliphatic carbocycles. The molecule has 2 heterocycles. The van der Waals surface area contributed by atoms with Gasteiger partial charge in [0.15, 0.2) is 5.65 Å². The first-order chi connectivity index (χ1) is 15.1. The molecule has 0 aromatic carbocycles. The fourth-order valence-electron chi connectivity index (χ4n) is 7.07. The number of hydrogen-bond donors (Lipinski definition) is 5. The van der Waals surface area contributed by atoms with Crippen LogP contribution in [-0.2, 0) is 0 Å². The highest BCUT2D eigenvalue weighted by atomic mass is 16.3. The number of aliphatic hydroxyl groups is 1. The SMILES string of the molecule is O=C(NNC1CCCCC1)c1cnc2[nH]cnc2c1N[C@H]1[C@@H]2CC3C[C@H]1C[C@@](O)(C3)C2. The molecule has 4 bridgehead atoms. The molecule has 1 unspecified atom stereocenters. The van der Waals surface area contributed by atoms with Crippen molar-refractivity contribution < 1.29 is 9.90 Å². The zero-order chi connectivity index (χ0) is 21.0. The van der Waals surface area contributed by atoms with Gasteiger partial charge in [-0.05, 0) is 62.7 Å². The van der Waals surface area contributed by atoms with Gasteiger partial charge in [0.1, 0.15) is 5.52 Å². The molecular formula is C23H32N6O2. The number of anilines is 1. The molecule has 5 fully saturated rings. The van der Waals surface area contributed by atoms with E-state index in [2.05, 4.69) is 31.1 Å². The summed E-state index contributed by atoms with van der Waals surface area (Å²) in [6.07, 6.45) is 14.2. The van der Waals surface area contributed by atoms with Crippen LogP contribution >= 0.6 is 0 Å². The lowest BCUT2D eigenvalue weighted by atomic mass is 9.52. The topological polar surface area (TPSA) is 115 Å². The minimum absolute atomic E-state index is 0.173. The quantitative estimate of drug-likeness (QED) is 0.472. The molecule has 0 saturated heterocycles. The highest BCUT2D eigenvalue weighted by Gasteiger charge is 2.54. The Labute approximate surface area is 182 Å². The number of aromatic nitrogens is 3. The number of nitrogens with zero attached hydrogens (tertiary/aromatic N) is 2. The normalized spacial score (nSPS) is 34.9. The van der Waals surface area contributed by atoms with Crippen molar-refractivity contribution in [3.63, 3.8) is 0 Å².